The van der Waals surface area contributed by atoms with Gasteiger partial charge in [0.1, 0.15) is 18.3 Å². The number of carbonyl (C=O) groups is 1. The Balaban J connectivity index is 1.94. The number of ether oxygens (including phenoxy) is 2. The molecule has 1 heterocycles. The minimum absolute atomic E-state index is 0.176. The molecule has 0 spiro atoms. The zero-order chi connectivity index (χ0) is 23.0. The van der Waals surface area contributed by atoms with Crippen LogP contribution in [0.15, 0.2) is 4.99 Å². The third-order valence-corrected chi connectivity index (χ3v) is 6.51. The van der Waals surface area contributed by atoms with Crippen molar-refractivity contribution in [3.8, 4) is 0 Å². The Morgan fingerprint density at radius 1 is 1.26 bits per heavy atom. The van der Waals surface area contributed by atoms with Crippen molar-refractivity contribution in [2.24, 2.45) is 16.8 Å². The van der Waals surface area contributed by atoms with Gasteiger partial charge < -0.3 is 25.0 Å². The number of nitrogens with zero attached hydrogens (tertiary/aromatic N) is 1. The van der Waals surface area contributed by atoms with Crippen LogP contribution in [0.2, 0.25) is 0 Å². The van der Waals surface area contributed by atoms with Crippen molar-refractivity contribution >= 4 is 12.0 Å². The third kappa shape index (κ3) is 8.97. The maximum Gasteiger partial charge on any atom is 0.407 e. The normalized spacial score (nSPS) is 24.0. The van der Waals surface area contributed by atoms with Crippen molar-refractivity contribution in [3.63, 3.8) is 0 Å². The molecule has 180 valence electrons. The minimum atomic E-state index is -1.07. The molecule has 0 aromatic heterocycles. The second kappa shape index (κ2) is 12.0. The second-order valence-corrected chi connectivity index (χ2v) is 10.4. The van der Waals surface area contributed by atoms with E-state index in [1.807, 2.05) is 20.8 Å². The molecule has 0 aromatic rings. The van der Waals surface area contributed by atoms with Crippen molar-refractivity contribution in [1.29, 1.82) is 0 Å². The zero-order valence-electron chi connectivity index (χ0n) is 20.1. The Morgan fingerprint density at radius 3 is 2.55 bits per heavy atom. The van der Waals surface area contributed by atoms with Crippen LogP contribution >= 0.6 is 0 Å². The van der Waals surface area contributed by atoms with E-state index in [0.29, 0.717) is 43.6 Å². The molecule has 1 aliphatic carbocycles. The number of aliphatic hydroxyl groups excluding tert-OH is 2. The van der Waals surface area contributed by atoms with Gasteiger partial charge in [0, 0.05) is 6.42 Å². The maximum atomic E-state index is 12.4. The van der Waals surface area contributed by atoms with E-state index < -0.39 is 29.9 Å². The molecule has 7 nitrogen and oxygen atoms in total. The summed E-state index contributed by atoms with van der Waals surface area (Å²) in [5.74, 6) is 1.56. The molecule has 0 radical (unpaired) electrons. The van der Waals surface area contributed by atoms with Crippen LogP contribution in [0, 0.1) is 11.8 Å². The van der Waals surface area contributed by atoms with Crippen LogP contribution in [-0.2, 0) is 9.47 Å². The molecule has 2 rings (SSSR count). The lowest BCUT2D eigenvalue weighted by atomic mass is 9.83. The number of hydrogen-bond donors (Lipinski definition) is 3. The lowest BCUT2D eigenvalue weighted by Crippen LogP contribution is -2.50. The Labute approximate surface area is 188 Å². The van der Waals surface area contributed by atoms with Crippen LogP contribution in [0.4, 0.5) is 4.79 Å². The summed E-state index contributed by atoms with van der Waals surface area (Å²) in [7, 11) is 0. The van der Waals surface area contributed by atoms with E-state index in [1.165, 1.54) is 19.3 Å². The number of amides is 1. The van der Waals surface area contributed by atoms with Crippen molar-refractivity contribution in [1.82, 2.24) is 5.32 Å². The Hall–Kier alpha value is -1.34. The summed E-state index contributed by atoms with van der Waals surface area (Å²) in [5.41, 5.74) is -0.618. The van der Waals surface area contributed by atoms with Crippen molar-refractivity contribution in [2.75, 3.05) is 6.61 Å². The molecule has 0 saturated heterocycles. The van der Waals surface area contributed by atoms with Gasteiger partial charge in [-0.2, -0.15) is 0 Å². The van der Waals surface area contributed by atoms with Crippen molar-refractivity contribution in [2.45, 2.75) is 122 Å². The van der Waals surface area contributed by atoms with Gasteiger partial charge in [0.25, 0.3) is 0 Å². The lowest BCUT2D eigenvalue weighted by molar-refractivity contribution is -0.0179. The lowest BCUT2D eigenvalue weighted by Gasteiger charge is -2.32. The summed E-state index contributed by atoms with van der Waals surface area (Å²) < 4.78 is 11.1. The molecule has 3 N–H and O–H groups in total. The van der Waals surface area contributed by atoms with Crippen molar-refractivity contribution in [3.05, 3.63) is 0 Å². The van der Waals surface area contributed by atoms with E-state index in [0.717, 1.165) is 19.3 Å². The molecule has 5 atom stereocenters. The summed E-state index contributed by atoms with van der Waals surface area (Å²) in [6.07, 6.45) is 5.70. The first-order valence-corrected chi connectivity index (χ1v) is 12.1. The first kappa shape index (κ1) is 25.9. The fraction of sp³-hybridized carbons (Fsp3) is 0.917. The summed E-state index contributed by atoms with van der Waals surface area (Å²) in [6, 6.07) is -0.373. The molecule has 2 aliphatic rings. The van der Waals surface area contributed by atoms with Gasteiger partial charge in [0.15, 0.2) is 5.90 Å². The number of nitrogens with one attached hydrogen (secondary N) is 1. The molecule has 0 bridgehead atoms. The van der Waals surface area contributed by atoms with Gasteiger partial charge in [-0.25, -0.2) is 9.79 Å². The molecule has 1 aliphatic heterocycles. The predicted molar refractivity (Wildman–Crippen MR) is 122 cm³/mol. The average molecular weight is 441 g/mol. The van der Waals surface area contributed by atoms with Crippen LogP contribution < -0.4 is 5.32 Å². The van der Waals surface area contributed by atoms with Gasteiger partial charge in [0.05, 0.1) is 18.2 Å². The second-order valence-electron chi connectivity index (χ2n) is 10.4. The first-order chi connectivity index (χ1) is 14.6. The number of aliphatic hydroxyl groups is 2. The Morgan fingerprint density at radius 2 is 1.94 bits per heavy atom. The van der Waals surface area contributed by atoms with Gasteiger partial charge in [0.2, 0.25) is 0 Å². The monoisotopic (exact) mass is 440 g/mol. The number of aliphatic imine (C=N–C) groups is 1. The van der Waals surface area contributed by atoms with Crippen LogP contribution in [0.1, 0.15) is 92.4 Å². The number of hydrogen-bond acceptors (Lipinski definition) is 6. The first-order valence-electron chi connectivity index (χ1n) is 12.1. The summed E-state index contributed by atoms with van der Waals surface area (Å²) in [5, 5.41) is 24.4. The van der Waals surface area contributed by atoms with Crippen molar-refractivity contribution < 1.29 is 24.5 Å². The summed E-state index contributed by atoms with van der Waals surface area (Å²) in [6.45, 7) is 10.3. The average Bonchev–Trinajstić information content (AvgIpc) is 3.19. The molecular formula is C24H44N2O5. The van der Waals surface area contributed by atoms with E-state index in [4.69, 9.17) is 9.47 Å². The predicted octanol–water partition coefficient (Wildman–Crippen LogP) is 4.20. The molecule has 0 aromatic carbocycles. The van der Waals surface area contributed by atoms with E-state index in [9.17, 15) is 15.0 Å². The van der Waals surface area contributed by atoms with E-state index >= 15 is 0 Å². The minimum Gasteiger partial charge on any atom is -0.479 e. The highest BCUT2D eigenvalue weighted by atomic mass is 16.6. The van der Waals surface area contributed by atoms with Gasteiger partial charge in [-0.3, -0.25) is 0 Å². The molecule has 7 heteroatoms. The van der Waals surface area contributed by atoms with Crippen LogP contribution in [0.25, 0.3) is 0 Å². The molecule has 0 unspecified atom stereocenters. The fourth-order valence-electron chi connectivity index (χ4n) is 4.38. The molecule has 1 amide bonds. The highest BCUT2D eigenvalue weighted by molar-refractivity contribution is 5.77. The van der Waals surface area contributed by atoms with Gasteiger partial charge >= 0.3 is 6.09 Å². The Bertz CT molecular complexity index is 583. The topological polar surface area (TPSA) is 100 Å². The van der Waals surface area contributed by atoms with E-state index in [1.54, 1.807) is 0 Å². The van der Waals surface area contributed by atoms with Crippen LogP contribution in [0.3, 0.4) is 0 Å². The highest BCUT2D eigenvalue weighted by Crippen LogP contribution is 2.29. The molecular weight excluding hydrogens is 396 g/mol. The number of alkyl carbamates (subject to hydrolysis) is 1. The standard InChI is InChI=1S/C24H44N2O5/c1-6-16(2)19-15-30-21(25-19)13-12-20(27)22(28)18(14-17-10-8-7-9-11-17)26-23(29)31-24(3,4)5/h16-20,22,27-28H,6-15H2,1-5H3,(H,26,29)/t16-,18-,19+,20-,22+/m0/s1. The van der Waals surface area contributed by atoms with Gasteiger partial charge in [-0.15, -0.1) is 0 Å². The van der Waals surface area contributed by atoms with Crippen LogP contribution in [0.5, 0.6) is 0 Å². The smallest absolute Gasteiger partial charge is 0.407 e. The van der Waals surface area contributed by atoms with Gasteiger partial charge in [-0.1, -0.05) is 52.4 Å². The number of carbonyl (C=O) groups excluding carboxylic acids is 1. The quantitative estimate of drug-likeness (QED) is 0.473. The van der Waals surface area contributed by atoms with E-state index in [-0.39, 0.29) is 6.04 Å². The largest absolute Gasteiger partial charge is 0.479 e. The van der Waals surface area contributed by atoms with E-state index in [2.05, 4.69) is 24.2 Å². The van der Waals surface area contributed by atoms with Crippen LogP contribution in [-0.4, -0.2) is 58.7 Å². The fourth-order valence-corrected chi connectivity index (χ4v) is 4.38. The summed E-state index contributed by atoms with van der Waals surface area (Å²) >= 11 is 0. The molecule has 1 fully saturated rings. The number of rotatable bonds is 10. The third-order valence-electron chi connectivity index (χ3n) is 6.51. The molecule has 1 saturated carbocycles. The zero-order valence-corrected chi connectivity index (χ0v) is 20.1. The molecule has 31 heavy (non-hydrogen) atoms. The SMILES string of the molecule is CC[C@H](C)[C@H]1COC(CC[C@H](O)[C@H](O)[C@H](CC2CCCCC2)NC(=O)OC(C)(C)C)=N1. The Kier molecular flexibility index (Phi) is 10.1. The van der Waals surface area contributed by atoms with Gasteiger partial charge in [-0.05, 0) is 45.4 Å². The highest BCUT2D eigenvalue weighted by Gasteiger charge is 2.32. The maximum absolute atomic E-state index is 12.4. The summed E-state index contributed by atoms with van der Waals surface area (Å²) in [4.78, 5) is 17.0.